The number of carbonyl (C=O) groups is 3. The van der Waals surface area contributed by atoms with Crippen LogP contribution in [0.1, 0.15) is 18.4 Å². The van der Waals surface area contributed by atoms with Crippen molar-refractivity contribution >= 4 is 34.9 Å². The Morgan fingerprint density at radius 2 is 1.92 bits per heavy atom. The van der Waals surface area contributed by atoms with E-state index in [1.165, 1.54) is 7.11 Å². The summed E-state index contributed by atoms with van der Waals surface area (Å²) in [6.07, 6.45) is 3.53. The normalized spacial score (nSPS) is 18.8. The maximum atomic E-state index is 12.6. The van der Waals surface area contributed by atoms with E-state index in [0.29, 0.717) is 30.2 Å². The fraction of sp³-hybridized carbons (Fsp3) is 0.389. The predicted molar refractivity (Wildman–Crippen MR) is 98.0 cm³/mol. The molecule has 0 spiro atoms. The van der Waals surface area contributed by atoms with Crippen LogP contribution >= 0.6 is 11.8 Å². The molecule has 0 radical (unpaired) electrons. The van der Waals surface area contributed by atoms with E-state index >= 15 is 0 Å². The lowest BCUT2D eigenvalue weighted by Crippen LogP contribution is -2.40. The van der Waals surface area contributed by atoms with Crippen LogP contribution in [-0.2, 0) is 9.59 Å². The van der Waals surface area contributed by atoms with Gasteiger partial charge >= 0.3 is 0 Å². The number of imide groups is 1. The average molecular weight is 376 g/mol. The van der Waals surface area contributed by atoms with E-state index in [-0.39, 0.29) is 17.4 Å². The molecule has 0 bridgehead atoms. The first-order valence-corrected chi connectivity index (χ1v) is 9.10. The number of hydrogen-bond donors (Lipinski definition) is 0. The SMILES string of the molecule is COc1ccc(/C=C2\SC(=O)N(CC(=O)N3CCCC3)C2=O)c(OC)c1. The Kier molecular flexibility index (Phi) is 5.51. The topological polar surface area (TPSA) is 76.2 Å². The summed E-state index contributed by atoms with van der Waals surface area (Å²) in [6, 6.07) is 5.20. The molecule has 3 rings (SSSR count). The Bertz CT molecular complexity index is 771. The number of hydrogen-bond acceptors (Lipinski definition) is 6. The maximum Gasteiger partial charge on any atom is 0.294 e. The third-order valence-corrected chi connectivity index (χ3v) is 5.26. The van der Waals surface area contributed by atoms with Gasteiger partial charge in [-0.15, -0.1) is 0 Å². The average Bonchev–Trinajstić information content (AvgIpc) is 3.27. The summed E-state index contributed by atoms with van der Waals surface area (Å²) in [4.78, 5) is 40.0. The molecule has 0 aromatic heterocycles. The Labute approximate surface area is 155 Å². The van der Waals surface area contributed by atoms with E-state index < -0.39 is 11.1 Å². The molecule has 8 heteroatoms. The summed E-state index contributed by atoms with van der Waals surface area (Å²) in [5.74, 6) is 0.520. The van der Waals surface area contributed by atoms with Gasteiger partial charge in [0.15, 0.2) is 0 Å². The summed E-state index contributed by atoms with van der Waals surface area (Å²) >= 11 is 0.831. The van der Waals surface area contributed by atoms with Gasteiger partial charge in [-0.05, 0) is 42.8 Å². The van der Waals surface area contributed by atoms with Crippen LogP contribution in [0.15, 0.2) is 23.1 Å². The third kappa shape index (κ3) is 3.70. The molecule has 0 N–H and O–H groups in total. The number of nitrogens with zero attached hydrogens (tertiary/aromatic N) is 2. The minimum atomic E-state index is -0.453. The lowest BCUT2D eigenvalue weighted by Gasteiger charge is -2.18. The van der Waals surface area contributed by atoms with Gasteiger partial charge in [-0.1, -0.05) is 0 Å². The molecule has 0 unspecified atom stereocenters. The molecule has 0 aliphatic carbocycles. The zero-order valence-electron chi connectivity index (χ0n) is 14.7. The minimum Gasteiger partial charge on any atom is -0.497 e. The van der Waals surface area contributed by atoms with Crippen LogP contribution in [0, 0.1) is 0 Å². The summed E-state index contributed by atoms with van der Waals surface area (Å²) in [7, 11) is 3.07. The van der Waals surface area contributed by atoms with Crippen LogP contribution in [0.3, 0.4) is 0 Å². The molecule has 1 aromatic carbocycles. The Morgan fingerprint density at radius 1 is 1.19 bits per heavy atom. The molecule has 138 valence electrons. The Balaban J connectivity index is 1.77. The van der Waals surface area contributed by atoms with Crippen molar-refractivity contribution in [2.24, 2.45) is 0 Å². The molecule has 2 fully saturated rings. The second-order valence-electron chi connectivity index (χ2n) is 5.96. The van der Waals surface area contributed by atoms with Crippen LogP contribution < -0.4 is 9.47 Å². The van der Waals surface area contributed by atoms with Crippen molar-refractivity contribution in [3.8, 4) is 11.5 Å². The molecule has 0 atom stereocenters. The number of likely N-dealkylation sites (tertiary alicyclic amines) is 1. The van der Waals surface area contributed by atoms with Crippen molar-refractivity contribution in [1.82, 2.24) is 9.80 Å². The van der Waals surface area contributed by atoms with Gasteiger partial charge < -0.3 is 14.4 Å². The van der Waals surface area contributed by atoms with Crippen LogP contribution in [0.4, 0.5) is 4.79 Å². The minimum absolute atomic E-state index is 0.187. The molecular weight excluding hydrogens is 356 g/mol. The van der Waals surface area contributed by atoms with Gasteiger partial charge in [0.25, 0.3) is 11.1 Å². The molecule has 26 heavy (non-hydrogen) atoms. The lowest BCUT2D eigenvalue weighted by molar-refractivity contribution is -0.135. The summed E-state index contributed by atoms with van der Waals surface area (Å²) in [5.41, 5.74) is 0.657. The van der Waals surface area contributed by atoms with E-state index in [1.807, 2.05) is 0 Å². The van der Waals surface area contributed by atoms with E-state index in [1.54, 1.807) is 36.3 Å². The fourth-order valence-corrected chi connectivity index (χ4v) is 3.75. The number of rotatable bonds is 5. The maximum absolute atomic E-state index is 12.6. The highest BCUT2D eigenvalue weighted by atomic mass is 32.2. The van der Waals surface area contributed by atoms with Gasteiger partial charge in [0, 0.05) is 24.7 Å². The highest BCUT2D eigenvalue weighted by Gasteiger charge is 2.37. The van der Waals surface area contributed by atoms with Crippen molar-refractivity contribution in [3.05, 3.63) is 28.7 Å². The van der Waals surface area contributed by atoms with E-state index in [4.69, 9.17) is 9.47 Å². The van der Waals surface area contributed by atoms with Crippen molar-refractivity contribution in [3.63, 3.8) is 0 Å². The lowest BCUT2D eigenvalue weighted by atomic mass is 10.1. The molecule has 0 saturated carbocycles. The fourth-order valence-electron chi connectivity index (χ4n) is 2.92. The largest absolute Gasteiger partial charge is 0.497 e. The van der Waals surface area contributed by atoms with Crippen LogP contribution in [0.2, 0.25) is 0 Å². The van der Waals surface area contributed by atoms with Crippen LogP contribution in [-0.4, -0.2) is 60.7 Å². The van der Waals surface area contributed by atoms with Gasteiger partial charge in [-0.2, -0.15) is 0 Å². The number of thioether (sulfide) groups is 1. The molecule has 7 nitrogen and oxygen atoms in total. The highest BCUT2D eigenvalue weighted by Crippen LogP contribution is 2.35. The van der Waals surface area contributed by atoms with E-state index in [2.05, 4.69) is 0 Å². The second-order valence-corrected chi connectivity index (χ2v) is 6.96. The van der Waals surface area contributed by atoms with Crippen LogP contribution in [0.25, 0.3) is 6.08 Å². The summed E-state index contributed by atoms with van der Waals surface area (Å²) < 4.78 is 10.5. The Morgan fingerprint density at radius 3 is 2.58 bits per heavy atom. The molecule has 2 saturated heterocycles. The third-order valence-electron chi connectivity index (χ3n) is 4.35. The number of benzene rings is 1. The van der Waals surface area contributed by atoms with Crippen molar-refractivity contribution in [2.45, 2.75) is 12.8 Å². The van der Waals surface area contributed by atoms with E-state index in [0.717, 1.165) is 29.5 Å². The summed E-state index contributed by atoms with van der Waals surface area (Å²) in [5, 5.41) is -0.429. The van der Waals surface area contributed by atoms with Crippen molar-refractivity contribution in [1.29, 1.82) is 0 Å². The smallest absolute Gasteiger partial charge is 0.294 e. The monoisotopic (exact) mass is 376 g/mol. The first kappa shape index (κ1) is 18.3. The molecule has 2 heterocycles. The molecule has 1 aromatic rings. The molecule has 2 aliphatic heterocycles. The second kappa shape index (κ2) is 7.82. The number of carbonyl (C=O) groups excluding carboxylic acids is 3. The van der Waals surface area contributed by atoms with Gasteiger partial charge in [-0.25, -0.2) is 0 Å². The van der Waals surface area contributed by atoms with Gasteiger partial charge in [-0.3, -0.25) is 19.3 Å². The number of ether oxygens (including phenoxy) is 2. The standard InChI is InChI=1S/C18H20N2O5S/c1-24-13-6-5-12(14(10-13)25-2)9-15-17(22)20(18(23)26-15)11-16(21)19-7-3-4-8-19/h5-6,9-10H,3-4,7-8,11H2,1-2H3/b15-9-. The van der Waals surface area contributed by atoms with Gasteiger partial charge in [0.05, 0.1) is 19.1 Å². The summed E-state index contributed by atoms with van der Waals surface area (Å²) in [6.45, 7) is 1.17. The molecule has 2 aliphatic rings. The molecular formula is C18H20N2O5S. The van der Waals surface area contributed by atoms with E-state index in [9.17, 15) is 14.4 Å². The Hall–Kier alpha value is -2.48. The predicted octanol–water partition coefficient (Wildman–Crippen LogP) is 2.36. The van der Waals surface area contributed by atoms with Crippen LogP contribution in [0.5, 0.6) is 11.5 Å². The van der Waals surface area contributed by atoms with Gasteiger partial charge in [0.1, 0.15) is 18.0 Å². The van der Waals surface area contributed by atoms with Crippen molar-refractivity contribution < 1.29 is 23.9 Å². The zero-order chi connectivity index (χ0) is 18.7. The number of amides is 3. The zero-order valence-corrected chi connectivity index (χ0v) is 15.5. The van der Waals surface area contributed by atoms with Gasteiger partial charge in [0.2, 0.25) is 5.91 Å². The molecule has 3 amide bonds. The van der Waals surface area contributed by atoms with Crippen molar-refractivity contribution in [2.75, 3.05) is 33.9 Å². The number of methoxy groups -OCH3 is 2. The first-order valence-electron chi connectivity index (χ1n) is 8.28. The first-order chi connectivity index (χ1) is 12.5. The quantitative estimate of drug-likeness (QED) is 0.735. The highest BCUT2D eigenvalue weighted by molar-refractivity contribution is 8.18.